The van der Waals surface area contributed by atoms with Gasteiger partial charge in [0.05, 0.1) is 5.56 Å². The molecular formula is C15H16N2O4. The Kier molecular flexibility index (Phi) is 3.37. The van der Waals surface area contributed by atoms with Gasteiger partial charge in [-0.25, -0.2) is 4.79 Å². The number of aromatic carboxylic acids is 1. The summed E-state index contributed by atoms with van der Waals surface area (Å²) in [7, 11) is 0. The Morgan fingerprint density at radius 2 is 2.10 bits per heavy atom. The summed E-state index contributed by atoms with van der Waals surface area (Å²) in [5, 5.41) is 11.7. The van der Waals surface area contributed by atoms with Crippen molar-refractivity contribution in [1.82, 2.24) is 5.32 Å². The molecule has 2 N–H and O–H groups in total. The first-order valence-electron chi connectivity index (χ1n) is 7.03. The first kappa shape index (κ1) is 13.6. The molecule has 0 unspecified atom stereocenters. The molecule has 2 aliphatic rings. The minimum absolute atomic E-state index is 0.0909. The average molecular weight is 288 g/mol. The molecular weight excluding hydrogens is 272 g/mol. The van der Waals surface area contributed by atoms with Crippen LogP contribution in [0.2, 0.25) is 0 Å². The van der Waals surface area contributed by atoms with Gasteiger partial charge in [0.25, 0.3) is 0 Å². The van der Waals surface area contributed by atoms with E-state index in [-0.39, 0.29) is 17.4 Å². The molecule has 0 aromatic heterocycles. The lowest BCUT2D eigenvalue weighted by Gasteiger charge is -2.31. The number of amides is 2. The lowest BCUT2D eigenvalue weighted by atomic mass is 9.98. The number of hydrogen-bond donors (Lipinski definition) is 2. The summed E-state index contributed by atoms with van der Waals surface area (Å²) in [5.41, 5.74) is 1.87. The maximum atomic E-state index is 12.5. The average Bonchev–Trinajstić information content (AvgIpc) is 2.91. The van der Waals surface area contributed by atoms with Crippen LogP contribution >= 0.6 is 0 Å². The van der Waals surface area contributed by atoms with Gasteiger partial charge < -0.3 is 15.3 Å². The number of rotatable bonds is 2. The topological polar surface area (TPSA) is 86.7 Å². The van der Waals surface area contributed by atoms with E-state index in [1.165, 1.54) is 6.07 Å². The predicted octanol–water partition coefficient (Wildman–Crippen LogP) is 0.943. The van der Waals surface area contributed by atoms with Crippen LogP contribution in [0.3, 0.4) is 0 Å². The second-order valence-electron chi connectivity index (χ2n) is 5.40. The largest absolute Gasteiger partial charge is 0.478 e. The Bertz CT molecular complexity index is 626. The van der Waals surface area contributed by atoms with E-state index in [1.54, 1.807) is 17.0 Å². The van der Waals surface area contributed by atoms with Crippen molar-refractivity contribution in [3.05, 3.63) is 29.3 Å². The number of fused-ring (bicyclic) bond motifs is 1. The van der Waals surface area contributed by atoms with Gasteiger partial charge in [0.15, 0.2) is 0 Å². The fourth-order valence-electron chi connectivity index (χ4n) is 2.95. The summed E-state index contributed by atoms with van der Waals surface area (Å²) in [5.74, 6) is -1.17. The minimum atomic E-state index is -0.968. The molecule has 1 aromatic carbocycles. The normalized spacial score (nSPS) is 20.9. The van der Waals surface area contributed by atoms with Crippen molar-refractivity contribution in [1.29, 1.82) is 0 Å². The number of anilines is 1. The summed E-state index contributed by atoms with van der Waals surface area (Å²) >= 11 is 0. The number of carbonyl (C=O) groups excluding carboxylic acids is 2. The fraction of sp³-hybridized carbons (Fsp3) is 0.400. The van der Waals surface area contributed by atoms with Gasteiger partial charge in [-0.1, -0.05) is 0 Å². The molecule has 1 fully saturated rings. The van der Waals surface area contributed by atoms with E-state index in [0.29, 0.717) is 19.4 Å². The monoisotopic (exact) mass is 288 g/mol. The van der Waals surface area contributed by atoms with E-state index in [9.17, 15) is 14.4 Å². The van der Waals surface area contributed by atoms with Gasteiger partial charge in [0, 0.05) is 18.7 Å². The smallest absolute Gasteiger partial charge is 0.335 e. The van der Waals surface area contributed by atoms with Crippen LogP contribution in [0.1, 0.15) is 35.2 Å². The third kappa shape index (κ3) is 2.49. The van der Waals surface area contributed by atoms with Gasteiger partial charge in [0.1, 0.15) is 6.04 Å². The lowest BCUT2D eigenvalue weighted by molar-refractivity contribution is -0.124. The molecule has 2 amide bonds. The molecule has 0 aliphatic carbocycles. The molecule has 110 valence electrons. The molecule has 0 saturated carbocycles. The van der Waals surface area contributed by atoms with Crippen LogP contribution in [-0.4, -0.2) is 35.5 Å². The van der Waals surface area contributed by atoms with Gasteiger partial charge in [-0.05, 0) is 43.0 Å². The first-order valence-corrected chi connectivity index (χ1v) is 7.03. The second-order valence-corrected chi connectivity index (χ2v) is 5.40. The Morgan fingerprint density at radius 3 is 2.76 bits per heavy atom. The van der Waals surface area contributed by atoms with Crippen molar-refractivity contribution < 1.29 is 19.5 Å². The Labute approximate surface area is 121 Å². The SMILES string of the molecule is O=C1CC[C@H](C(=O)N2CCCc3cc(C(=O)O)ccc32)N1. The standard InChI is InChI=1S/C15H16N2O4/c18-13-6-4-11(16-13)14(19)17-7-1-2-9-8-10(15(20)21)3-5-12(9)17/h3,5,8,11H,1-2,4,6-7H2,(H,16,18)(H,20,21)/t11-/m1/s1. The predicted molar refractivity (Wildman–Crippen MR) is 75.2 cm³/mol. The Hall–Kier alpha value is -2.37. The molecule has 0 spiro atoms. The van der Waals surface area contributed by atoms with E-state index < -0.39 is 12.0 Å². The van der Waals surface area contributed by atoms with Crippen LogP contribution in [0.15, 0.2) is 18.2 Å². The highest BCUT2D eigenvalue weighted by atomic mass is 16.4. The van der Waals surface area contributed by atoms with Crippen molar-refractivity contribution >= 4 is 23.5 Å². The zero-order valence-corrected chi connectivity index (χ0v) is 11.5. The number of nitrogens with one attached hydrogen (secondary N) is 1. The summed E-state index contributed by atoms with van der Waals surface area (Å²) < 4.78 is 0. The van der Waals surface area contributed by atoms with Gasteiger partial charge in [0.2, 0.25) is 11.8 Å². The third-order valence-electron chi connectivity index (χ3n) is 4.00. The third-order valence-corrected chi connectivity index (χ3v) is 4.00. The molecule has 3 rings (SSSR count). The molecule has 0 radical (unpaired) electrons. The Balaban J connectivity index is 1.88. The van der Waals surface area contributed by atoms with Crippen LogP contribution in [0, 0.1) is 0 Å². The van der Waals surface area contributed by atoms with E-state index in [0.717, 1.165) is 24.1 Å². The Morgan fingerprint density at radius 1 is 1.29 bits per heavy atom. The summed E-state index contributed by atoms with van der Waals surface area (Å²) in [6.07, 6.45) is 2.46. The number of aryl methyl sites for hydroxylation is 1. The van der Waals surface area contributed by atoms with E-state index in [4.69, 9.17) is 5.11 Å². The van der Waals surface area contributed by atoms with Gasteiger partial charge in [-0.15, -0.1) is 0 Å². The fourth-order valence-corrected chi connectivity index (χ4v) is 2.95. The number of benzene rings is 1. The van der Waals surface area contributed by atoms with Crippen molar-refractivity contribution in [2.75, 3.05) is 11.4 Å². The lowest BCUT2D eigenvalue weighted by Crippen LogP contribution is -2.46. The number of carbonyl (C=O) groups is 3. The molecule has 21 heavy (non-hydrogen) atoms. The van der Waals surface area contributed by atoms with Crippen molar-refractivity contribution in [3.63, 3.8) is 0 Å². The van der Waals surface area contributed by atoms with Crippen LogP contribution in [0.5, 0.6) is 0 Å². The molecule has 1 aromatic rings. The maximum absolute atomic E-state index is 12.5. The van der Waals surface area contributed by atoms with Crippen LogP contribution < -0.4 is 10.2 Å². The zero-order valence-electron chi connectivity index (χ0n) is 11.5. The summed E-state index contributed by atoms with van der Waals surface area (Å²) in [6.45, 7) is 0.602. The van der Waals surface area contributed by atoms with Crippen LogP contribution in [0.4, 0.5) is 5.69 Å². The number of nitrogens with zero attached hydrogens (tertiary/aromatic N) is 1. The molecule has 2 aliphatic heterocycles. The summed E-state index contributed by atoms with van der Waals surface area (Å²) in [4.78, 5) is 36.5. The van der Waals surface area contributed by atoms with Crippen LogP contribution in [0.25, 0.3) is 0 Å². The number of carboxylic acids is 1. The van der Waals surface area contributed by atoms with E-state index in [2.05, 4.69) is 5.32 Å². The van der Waals surface area contributed by atoms with Crippen LogP contribution in [-0.2, 0) is 16.0 Å². The van der Waals surface area contributed by atoms with Gasteiger partial charge in [-0.2, -0.15) is 0 Å². The van der Waals surface area contributed by atoms with Gasteiger partial charge >= 0.3 is 5.97 Å². The second kappa shape index (κ2) is 5.20. The highest BCUT2D eigenvalue weighted by Crippen LogP contribution is 2.29. The molecule has 1 saturated heterocycles. The minimum Gasteiger partial charge on any atom is -0.478 e. The number of hydrogen-bond acceptors (Lipinski definition) is 3. The van der Waals surface area contributed by atoms with E-state index >= 15 is 0 Å². The highest BCUT2D eigenvalue weighted by Gasteiger charge is 2.33. The molecule has 6 heteroatoms. The quantitative estimate of drug-likeness (QED) is 0.848. The maximum Gasteiger partial charge on any atom is 0.335 e. The van der Waals surface area contributed by atoms with Crippen molar-refractivity contribution in [3.8, 4) is 0 Å². The van der Waals surface area contributed by atoms with Gasteiger partial charge in [-0.3, -0.25) is 9.59 Å². The first-order chi connectivity index (χ1) is 10.1. The zero-order chi connectivity index (χ0) is 15.0. The van der Waals surface area contributed by atoms with Crippen molar-refractivity contribution in [2.45, 2.75) is 31.7 Å². The van der Waals surface area contributed by atoms with Crippen molar-refractivity contribution in [2.24, 2.45) is 0 Å². The summed E-state index contributed by atoms with van der Waals surface area (Å²) in [6, 6.07) is 4.37. The molecule has 0 bridgehead atoms. The molecule has 6 nitrogen and oxygen atoms in total. The number of carboxylic acid groups (broad SMARTS) is 1. The van der Waals surface area contributed by atoms with E-state index in [1.807, 2.05) is 0 Å². The molecule has 2 heterocycles. The highest BCUT2D eigenvalue weighted by molar-refractivity contribution is 6.02. The molecule has 1 atom stereocenters.